The van der Waals surface area contributed by atoms with Gasteiger partial charge in [-0.25, -0.2) is 9.07 Å². The molecular formula is C25H20FN7O2. The largest absolute Gasteiger partial charge is 0.438 e. The van der Waals surface area contributed by atoms with E-state index >= 15 is 0 Å². The quantitative estimate of drug-likeness (QED) is 0.392. The first kappa shape index (κ1) is 22.0. The van der Waals surface area contributed by atoms with Gasteiger partial charge in [0.25, 0.3) is 5.91 Å². The monoisotopic (exact) mass is 469 g/mol. The van der Waals surface area contributed by atoms with Gasteiger partial charge in [0.2, 0.25) is 5.88 Å². The molecule has 9 nitrogen and oxygen atoms in total. The number of nitrogens with one attached hydrogen (secondary N) is 1. The first-order chi connectivity index (χ1) is 16.9. The molecule has 174 valence electrons. The number of nitrogens with zero attached hydrogens (tertiary/aromatic N) is 6. The van der Waals surface area contributed by atoms with Crippen molar-refractivity contribution in [2.45, 2.75) is 6.92 Å². The average molecular weight is 469 g/mol. The molecule has 0 saturated heterocycles. The van der Waals surface area contributed by atoms with Crippen molar-refractivity contribution >= 4 is 11.6 Å². The van der Waals surface area contributed by atoms with Crippen LogP contribution in [0.2, 0.25) is 0 Å². The molecule has 2 aromatic carbocycles. The topological polar surface area (TPSA) is 99.8 Å². The van der Waals surface area contributed by atoms with E-state index in [2.05, 4.69) is 25.7 Å². The summed E-state index contributed by atoms with van der Waals surface area (Å²) < 4.78 is 22.0. The highest BCUT2D eigenvalue weighted by Gasteiger charge is 2.15. The zero-order chi connectivity index (χ0) is 24.4. The number of rotatable bonds is 6. The Morgan fingerprint density at radius 2 is 1.71 bits per heavy atom. The Balaban J connectivity index is 1.23. The summed E-state index contributed by atoms with van der Waals surface area (Å²) >= 11 is 0. The number of amides is 1. The van der Waals surface area contributed by atoms with Crippen LogP contribution in [0.5, 0.6) is 11.6 Å². The van der Waals surface area contributed by atoms with Crippen LogP contribution >= 0.6 is 0 Å². The van der Waals surface area contributed by atoms with Gasteiger partial charge in [-0.15, -0.1) is 10.2 Å². The van der Waals surface area contributed by atoms with Crippen molar-refractivity contribution in [3.05, 3.63) is 96.2 Å². The normalized spacial score (nSPS) is 10.8. The molecule has 0 spiro atoms. The minimum atomic E-state index is -0.330. The summed E-state index contributed by atoms with van der Waals surface area (Å²) in [6, 6.07) is 19.8. The average Bonchev–Trinajstić information content (AvgIpc) is 3.47. The summed E-state index contributed by atoms with van der Waals surface area (Å²) in [6.07, 6.45) is 1.81. The Kier molecular flexibility index (Phi) is 5.76. The van der Waals surface area contributed by atoms with Crippen LogP contribution in [0.15, 0.2) is 79.0 Å². The molecule has 0 aliphatic heterocycles. The van der Waals surface area contributed by atoms with Gasteiger partial charge >= 0.3 is 0 Å². The molecule has 0 bridgehead atoms. The minimum absolute atomic E-state index is 0.322. The van der Waals surface area contributed by atoms with Crippen LogP contribution in [0.4, 0.5) is 10.1 Å². The molecule has 0 aliphatic rings. The predicted molar refractivity (Wildman–Crippen MR) is 127 cm³/mol. The Morgan fingerprint density at radius 1 is 0.943 bits per heavy atom. The third kappa shape index (κ3) is 4.91. The number of aryl methyl sites for hydroxylation is 2. The maximum absolute atomic E-state index is 13.2. The number of carbonyl (C=O) groups excluding carboxylic acids is 1. The van der Waals surface area contributed by atoms with Gasteiger partial charge in [-0.1, -0.05) is 0 Å². The Bertz CT molecular complexity index is 1470. The van der Waals surface area contributed by atoms with Gasteiger partial charge in [0.15, 0.2) is 5.82 Å². The van der Waals surface area contributed by atoms with E-state index in [1.165, 1.54) is 16.8 Å². The highest BCUT2D eigenvalue weighted by molar-refractivity contribution is 6.03. The lowest BCUT2D eigenvalue weighted by Crippen LogP contribution is -2.15. The third-order valence-corrected chi connectivity index (χ3v) is 5.17. The van der Waals surface area contributed by atoms with Crippen LogP contribution in [0, 0.1) is 12.7 Å². The van der Waals surface area contributed by atoms with Crippen molar-refractivity contribution in [3.63, 3.8) is 0 Å². The van der Waals surface area contributed by atoms with Crippen molar-refractivity contribution in [2.75, 3.05) is 5.32 Å². The van der Waals surface area contributed by atoms with Gasteiger partial charge < -0.3 is 10.1 Å². The van der Waals surface area contributed by atoms with E-state index in [-0.39, 0.29) is 11.7 Å². The van der Waals surface area contributed by atoms with Gasteiger partial charge in [-0.05, 0) is 73.7 Å². The van der Waals surface area contributed by atoms with Crippen LogP contribution in [0.1, 0.15) is 16.2 Å². The minimum Gasteiger partial charge on any atom is -0.438 e. The number of aromatic nitrogens is 6. The van der Waals surface area contributed by atoms with Crippen molar-refractivity contribution in [3.8, 4) is 28.7 Å². The molecule has 3 aromatic heterocycles. The second-order valence-corrected chi connectivity index (χ2v) is 7.76. The first-order valence-electron chi connectivity index (χ1n) is 10.7. The van der Waals surface area contributed by atoms with Crippen LogP contribution in [0.25, 0.3) is 17.1 Å². The molecule has 1 N–H and O–H groups in total. The summed E-state index contributed by atoms with van der Waals surface area (Å²) in [5.41, 5.74) is 3.14. The third-order valence-electron chi connectivity index (χ3n) is 5.17. The number of carbonyl (C=O) groups is 1. The van der Waals surface area contributed by atoms with Gasteiger partial charge in [0.1, 0.15) is 17.3 Å². The zero-order valence-corrected chi connectivity index (χ0v) is 18.9. The van der Waals surface area contributed by atoms with Crippen LogP contribution in [0.3, 0.4) is 0 Å². The van der Waals surface area contributed by atoms with Crippen molar-refractivity contribution < 1.29 is 13.9 Å². The Labute approximate surface area is 199 Å². The fraction of sp³-hybridized carbons (Fsp3) is 0.0800. The number of ether oxygens (including phenoxy) is 1. The van der Waals surface area contributed by atoms with Crippen LogP contribution in [-0.4, -0.2) is 35.7 Å². The van der Waals surface area contributed by atoms with Gasteiger partial charge in [0.05, 0.1) is 11.4 Å². The Morgan fingerprint density at radius 3 is 2.37 bits per heavy atom. The van der Waals surface area contributed by atoms with E-state index in [0.717, 1.165) is 11.3 Å². The number of hydrogen-bond acceptors (Lipinski definition) is 6. The van der Waals surface area contributed by atoms with Gasteiger partial charge in [-0.3, -0.25) is 9.48 Å². The number of anilines is 1. The maximum Gasteiger partial charge on any atom is 0.273 e. The molecule has 5 rings (SSSR count). The predicted octanol–water partition coefficient (Wildman–Crippen LogP) is 4.55. The Hall–Kier alpha value is -4.86. The molecule has 1 amide bonds. The molecule has 3 heterocycles. The molecule has 10 heteroatoms. The zero-order valence-electron chi connectivity index (χ0n) is 18.9. The lowest BCUT2D eigenvalue weighted by molar-refractivity contribution is 0.101. The second-order valence-electron chi connectivity index (χ2n) is 7.76. The molecule has 5 aromatic rings. The summed E-state index contributed by atoms with van der Waals surface area (Å²) in [6.45, 7) is 1.90. The van der Waals surface area contributed by atoms with E-state index in [4.69, 9.17) is 4.74 Å². The molecule has 0 fully saturated rings. The van der Waals surface area contributed by atoms with E-state index < -0.39 is 0 Å². The second kappa shape index (κ2) is 9.18. The lowest BCUT2D eigenvalue weighted by atomic mass is 10.1. The standard InChI is InChI=1S/C25H20FN7O2/c1-16-13-14-33(30-16)23-11-12-24(29-28-23)35-20-9-7-19(8-10-20)27-25(34)22-15-21(31-32(22)2)17-3-5-18(26)6-4-17/h3-15H,1-2H3,(H,27,34). The van der Waals surface area contributed by atoms with E-state index in [0.29, 0.717) is 34.5 Å². The SMILES string of the molecule is Cc1ccn(-c2ccc(Oc3ccc(NC(=O)c4cc(-c5ccc(F)cc5)nn4C)cc3)nn2)n1. The molecule has 0 atom stereocenters. The molecular weight excluding hydrogens is 449 g/mol. The molecule has 35 heavy (non-hydrogen) atoms. The number of hydrogen-bond donors (Lipinski definition) is 1. The summed E-state index contributed by atoms with van der Waals surface area (Å²) in [5.74, 6) is 0.804. The smallest absolute Gasteiger partial charge is 0.273 e. The van der Waals surface area contributed by atoms with E-state index in [1.54, 1.807) is 66.3 Å². The maximum atomic E-state index is 13.2. The molecule has 0 unspecified atom stereocenters. The van der Waals surface area contributed by atoms with Crippen molar-refractivity contribution in [2.24, 2.45) is 7.05 Å². The van der Waals surface area contributed by atoms with Crippen molar-refractivity contribution in [1.82, 2.24) is 29.8 Å². The fourth-order valence-electron chi connectivity index (χ4n) is 3.40. The summed E-state index contributed by atoms with van der Waals surface area (Å²) in [4.78, 5) is 12.8. The van der Waals surface area contributed by atoms with Crippen LogP contribution < -0.4 is 10.1 Å². The molecule has 0 aliphatic carbocycles. The van der Waals surface area contributed by atoms with E-state index in [1.807, 2.05) is 19.2 Å². The van der Waals surface area contributed by atoms with Crippen molar-refractivity contribution in [1.29, 1.82) is 0 Å². The number of halogens is 1. The summed E-state index contributed by atoms with van der Waals surface area (Å²) in [7, 11) is 1.68. The van der Waals surface area contributed by atoms with Gasteiger partial charge in [-0.2, -0.15) is 10.2 Å². The first-order valence-corrected chi connectivity index (χ1v) is 10.7. The fourth-order valence-corrected chi connectivity index (χ4v) is 3.40. The highest BCUT2D eigenvalue weighted by Crippen LogP contribution is 2.23. The lowest BCUT2D eigenvalue weighted by Gasteiger charge is -2.08. The highest BCUT2D eigenvalue weighted by atomic mass is 19.1. The number of benzene rings is 2. The molecule has 0 radical (unpaired) electrons. The van der Waals surface area contributed by atoms with Gasteiger partial charge in [0, 0.05) is 30.6 Å². The van der Waals surface area contributed by atoms with E-state index in [9.17, 15) is 9.18 Å². The van der Waals surface area contributed by atoms with Crippen LogP contribution in [-0.2, 0) is 7.05 Å². The summed E-state index contributed by atoms with van der Waals surface area (Å²) in [5, 5.41) is 19.7. The molecule has 0 saturated carbocycles.